The molecule has 0 bridgehead atoms. The van der Waals surface area contributed by atoms with E-state index in [9.17, 15) is 0 Å². The van der Waals surface area contributed by atoms with Gasteiger partial charge in [-0.05, 0) is 6.07 Å². The average molecular weight is 206 g/mol. The molecule has 1 aromatic rings. The molecule has 0 radical (unpaired) electrons. The van der Waals surface area contributed by atoms with Crippen molar-refractivity contribution in [3.05, 3.63) is 35.4 Å². The predicted molar refractivity (Wildman–Crippen MR) is 57.2 cm³/mol. The molecule has 1 N–H and O–H groups in total. The van der Waals surface area contributed by atoms with E-state index in [2.05, 4.69) is 11.8 Å². The predicted octanol–water partition coefficient (Wildman–Crippen LogP) is 1.32. The molecule has 3 nitrogen and oxygen atoms in total. The monoisotopic (exact) mass is 206 g/mol. The maximum Gasteiger partial charge on any atom is 0.184 e. The zero-order valence-electron chi connectivity index (χ0n) is 8.86. The molecule has 0 aliphatic heterocycles. The molecule has 3 heteroatoms. The van der Waals surface area contributed by atoms with Crippen LogP contribution in [0.4, 0.5) is 0 Å². The van der Waals surface area contributed by atoms with Crippen LogP contribution >= 0.6 is 0 Å². The molecule has 0 saturated carbocycles. The molecule has 80 valence electrons. The van der Waals surface area contributed by atoms with E-state index in [1.807, 2.05) is 24.3 Å². The summed E-state index contributed by atoms with van der Waals surface area (Å²) in [7, 11) is 3.15. The topological polar surface area (TPSA) is 38.7 Å². The highest BCUT2D eigenvalue weighted by atomic mass is 16.7. The summed E-state index contributed by atoms with van der Waals surface area (Å²) in [4.78, 5) is 0. The second-order valence-electron chi connectivity index (χ2n) is 2.85. The number of rotatable bonds is 3. The number of benzene rings is 1. The van der Waals surface area contributed by atoms with E-state index < -0.39 is 6.29 Å². The lowest BCUT2D eigenvalue weighted by Gasteiger charge is -2.14. The Hall–Kier alpha value is -1.34. The standard InChI is InChI=1S/C12H14O3/c1-14-12(15-2)11-8-4-3-6-10(11)7-5-9-13/h3-4,6,8,12-13H,9H2,1-2H3. The third-order valence-corrected chi connectivity index (χ3v) is 1.94. The zero-order valence-corrected chi connectivity index (χ0v) is 8.86. The number of hydrogen-bond acceptors (Lipinski definition) is 3. The van der Waals surface area contributed by atoms with Gasteiger partial charge in [-0.1, -0.05) is 30.0 Å². The van der Waals surface area contributed by atoms with E-state index in [1.165, 1.54) is 0 Å². The highest BCUT2D eigenvalue weighted by Crippen LogP contribution is 2.20. The van der Waals surface area contributed by atoms with Gasteiger partial charge in [-0.15, -0.1) is 0 Å². The smallest absolute Gasteiger partial charge is 0.184 e. The second-order valence-corrected chi connectivity index (χ2v) is 2.85. The summed E-state index contributed by atoms with van der Waals surface area (Å²) in [6.45, 7) is -0.154. The molecule has 1 aromatic carbocycles. The zero-order chi connectivity index (χ0) is 11.1. The molecule has 15 heavy (non-hydrogen) atoms. The number of hydrogen-bond donors (Lipinski definition) is 1. The highest BCUT2D eigenvalue weighted by Gasteiger charge is 2.11. The van der Waals surface area contributed by atoms with Crippen LogP contribution in [0.2, 0.25) is 0 Å². The molecule has 0 atom stereocenters. The summed E-state index contributed by atoms with van der Waals surface area (Å²) >= 11 is 0. The summed E-state index contributed by atoms with van der Waals surface area (Å²) in [6.07, 6.45) is -0.422. The lowest BCUT2D eigenvalue weighted by molar-refractivity contribution is -0.106. The van der Waals surface area contributed by atoms with Crippen molar-refractivity contribution < 1.29 is 14.6 Å². The fourth-order valence-corrected chi connectivity index (χ4v) is 1.30. The van der Waals surface area contributed by atoms with Gasteiger partial charge in [0.2, 0.25) is 0 Å². The fourth-order valence-electron chi connectivity index (χ4n) is 1.30. The van der Waals surface area contributed by atoms with Gasteiger partial charge >= 0.3 is 0 Å². The largest absolute Gasteiger partial charge is 0.384 e. The fraction of sp³-hybridized carbons (Fsp3) is 0.333. The first-order valence-electron chi connectivity index (χ1n) is 4.57. The van der Waals surface area contributed by atoms with Crippen molar-refractivity contribution in [3.8, 4) is 11.8 Å². The van der Waals surface area contributed by atoms with Gasteiger partial charge < -0.3 is 14.6 Å². The first kappa shape index (κ1) is 11.7. The maximum atomic E-state index is 8.64. The maximum absolute atomic E-state index is 8.64. The van der Waals surface area contributed by atoms with Crippen LogP contribution in [0.3, 0.4) is 0 Å². The molecule has 0 aromatic heterocycles. The molecule has 0 aliphatic rings. The Morgan fingerprint density at radius 1 is 1.27 bits per heavy atom. The summed E-state index contributed by atoms with van der Waals surface area (Å²) in [6, 6.07) is 7.53. The van der Waals surface area contributed by atoms with Crippen LogP contribution in [-0.4, -0.2) is 25.9 Å². The second kappa shape index (κ2) is 6.20. The van der Waals surface area contributed by atoms with Gasteiger partial charge in [-0.3, -0.25) is 0 Å². The summed E-state index contributed by atoms with van der Waals surface area (Å²) in [5.41, 5.74) is 1.67. The van der Waals surface area contributed by atoms with Crippen LogP contribution in [0, 0.1) is 11.8 Å². The van der Waals surface area contributed by atoms with Crippen molar-refractivity contribution in [2.24, 2.45) is 0 Å². The quantitative estimate of drug-likeness (QED) is 0.599. The van der Waals surface area contributed by atoms with Gasteiger partial charge in [-0.2, -0.15) is 0 Å². The van der Waals surface area contributed by atoms with Gasteiger partial charge in [0.25, 0.3) is 0 Å². The van der Waals surface area contributed by atoms with E-state index in [0.29, 0.717) is 0 Å². The van der Waals surface area contributed by atoms with Crippen molar-refractivity contribution in [1.29, 1.82) is 0 Å². The first-order chi connectivity index (χ1) is 7.33. The summed E-state index contributed by atoms with van der Waals surface area (Å²) in [5.74, 6) is 5.45. The molecule has 1 rings (SSSR count). The van der Waals surface area contributed by atoms with Gasteiger partial charge in [0.05, 0.1) is 0 Å². The Morgan fingerprint density at radius 3 is 2.53 bits per heavy atom. The van der Waals surface area contributed by atoms with E-state index in [0.717, 1.165) is 11.1 Å². The molecule has 0 saturated heterocycles. The van der Waals surface area contributed by atoms with Crippen molar-refractivity contribution in [3.63, 3.8) is 0 Å². The van der Waals surface area contributed by atoms with Gasteiger partial charge in [0.15, 0.2) is 6.29 Å². The van der Waals surface area contributed by atoms with Crippen LogP contribution in [0.15, 0.2) is 24.3 Å². The number of aliphatic hydroxyl groups excluding tert-OH is 1. The Morgan fingerprint density at radius 2 is 1.93 bits per heavy atom. The molecule has 0 spiro atoms. The minimum absolute atomic E-state index is 0.154. The van der Waals surface area contributed by atoms with Gasteiger partial charge in [0, 0.05) is 25.3 Å². The number of aliphatic hydroxyl groups is 1. The first-order valence-corrected chi connectivity index (χ1v) is 4.57. The molecular formula is C12H14O3. The van der Waals surface area contributed by atoms with Gasteiger partial charge in [0.1, 0.15) is 6.61 Å². The van der Waals surface area contributed by atoms with Gasteiger partial charge in [-0.25, -0.2) is 0 Å². The van der Waals surface area contributed by atoms with Crippen molar-refractivity contribution in [1.82, 2.24) is 0 Å². The Balaban J connectivity index is 3.05. The van der Waals surface area contributed by atoms with Crippen LogP contribution in [0.5, 0.6) is 0 Å². The molecule has 0 heterocycles. The number of methoxy groups -OCH3 is 2. The molecule has 0 amide bonds. The molecular weight excluding hydrogens is 192 g/mol. The number of ether oxygens (including phenoxy) is 2. The summed E-state index contributed by atoms with van der Waals surface area (Å²) < 4.78 is 10.3. The SMILES string of the molecule is COC(OC)c1ccccc1C#CCO. The molecule has 0 aliphatic carbocycles. The lowest BCUT2D eigenvalue weighted by Crippen LogP contribution is -2.05. The third-order valence-electron chi connectivity index (χ3n) is 1.94. The van der Waals surface area contributed by atoms with E-state index >= 15 is 0 Å². The van der Waals surface area contributed by atoms with Crippen molar-refractivity contribution in [2.75, 3.05) is 20.8 Å². The third kappa shape index (κ3) is 3.07. The lowest BCUT2D eigenvalue weighted by atomic mass is 10.1. The Bertz CT molecular complexity index is 359. The minimum Gasteiger partial charge on any atom is -0.384 e. The van der Waals surface area contributed by atoms with E-state index in [-0.39, 0.29) is 6.61 Å². The normalized spacial score (nSPS) is 9.87. The van der Waals surface area contributed by atoms with E-state index in [4.69, 9.17) is 14.6 Å². The van der Waals surface area contributed by atoms with E-state index in [1.54, 1.807) is 14.2 Å². The Labute approximate surface area is 89.6 Å². The summed E-state index contributed by atoms with van der Waals surface area (Å²) in [5, 5.41) is 8.64. The van der Waals surface area contributed by atoms with Crippen LogP contribution in [-0.2, 0) is 9.47 Å². The minimum atomic E-state index is -0.422. The molecule has 0 unspecified atom stereocenters. The van der Waals surface area contributed by atoms with Crippen molar-refractivity contribution >= 4 is 0 Å². The van der Waals surface area contributed by atoms with Crippen LogP contribution < -0.4 is 0 Å². The highest BCUT2D eigenvalue weighted by molar-refractivity contribution is 5.42. The Kier molecular flexibility index (Phi) is 4.85. The van der Waals surface area contributed by atoms with Crippen LogP contribution in [0.25, 0.3) is 0 Å². The molecule has 0 fully saturated rings. The van der Waals surface area contributed by atoms with Crippen molar-refractivity contribution in [2.45, 2.75) is 6.29 Å². The van der Waals surface area contributed by atoms with Crippen LogP contribution in [0.1, 0.15) is 17.4 Å². The average Bonchev–Trinajstić information content (AvgIpc) is 2.29.